The Balaban J connectivity index is 1.48. The second-order valence-electron chi connectivity index (χ2n) is 14.2. The summed E-state index contributed by atoms with van der Waals surface area (Å²) in [5.74, 6) is -0.616. The molecular weight excluding hydrogens is 627 g/mol. The van der Waals surface area contributed by atoms with Gasteiger partial charge in [-0.15, -0.1) is 0 Å². The first-order chi connectivity index (χ1) is 23.5. The molecule has 1 atom stereocenters. The molecule has 49 heavy (non-hydrogen) atoms. The largest absolute Gasteiger partial charge is 0.417 e. The van der Waals surface area contributed by atoms with Gasteiger partial charge in [0.2, 0.25) is 0 Å². The van der Waals surface area contributed by atoms with Crippen molar-refractivity contribution in [2.45, 2.75) is 63.4 Å². The highest BCUT2D eigenvalue weighted by molar-refractivity contribution is 6.74. The van der Waals surface area contributed by atoms with Gasteiger partial charge < -0.3 is 14.1 Å². The standard InChI is InChI=1S/C41H45N3O4Si/c1-40(2,3)49(4,5)48-28-26-36(45)37-35(25-27-43-38(46)33-23-15-16-24-34(33)39(43)47)42-29-44(37)41(30-17-9-6-10-18-30,31-19-11-7-12-20-31)32-21-13-8-14-22-32/h6-24,29,36,45H,25-28H2,1-5H3. The average molecular weight is 672 g/mol. The van der Waals surface area contributed by atoms with Crippen LogP contribution in [0.25, 0.3) is 0 Å². The first kappa shape index (κ1) is 34.2. The van der Waals surface area contributed by atoms with E-state index in [1.165, 1.54) is 4.90 Å². The molecule has 0 bridgehead atoms. The highest BCUT2D eigenvalue weighted by Crippen LogP contribution is 2.44. The average Bonchev–Trinajstić information content (AvgIpc) is 3.63. The third-order valence-electron chi connectivity index (χ3n) is 10.2. The van der Waals surface area contributed by atoms with E-state index in [1.54, 1.807) is 30.6 Å². The van der Waals surface area contributed by atoms with E-state index in [1.807, 2.05) is 54.6 Å². The molecule has 2 heterocycles. The van der Waals surface area contributed by atoms with Gasteiger partial charge in [-0.1, -0.05) is 124 Å². The molecule has 6 rings (SSSR count). The Morgan fingerprint density at radius 1 is 0.735 bits per heavy atom. The zero-order valence-electron chi connectivity index (χ0n) is 29.0. The minimum Gasteiger partial charge on any atom is -0.417 e. The molecule has 2 amide bonds. The number of imidazole rings is 1. The summed E-state index contributed by atoms with van der Waals surface area (Å²) in [5, 5.41) is 12.3. The summed E-state index contributed by atoms with van der Waals surface area (Å²) in [6.45, 7) is 11.6. The summed E-state index contributed by atoms with van der Waals surface area (Å²) >= 11 is 0. The van der Waals surface area contributed by atoms with Crippen molar-refractivity contribution in [2.24, 2.45) is 0 Å². The number of benzene rings is 4. The third kappa shape index (κ3) is 6.32. The molecule has 7 nitrogen and oxygen atoms in total. The number of rotatable bonds is 12. The molecule has 8 heteroatoms. The van der Waals surface area contributed by atoms with Crippen molar-refractivity contribution in [2.75, 3.05) is 13.2 Å². The van der Waals surface area contributed by atoms with Crippen LogP contribution in [0.5, 0.6) is 0 Å². The zero-order valence-corrected chi connectivity index (χ0v) is 30.0. The Hall–Kier alpha value is -4.63. The van der Waals surface area contributed by atoms with Crippen LogP contribution < -0.4 is 0 Å². The van der Waals surface area contributed by atoms with Gasteiger partial charge in [0.1, 0.15) is 5.54 Å². The number of aromatic nitrogens is 2. The lowest BCUT2D eigenvalue weighted by molar-refractivity contribution is 0.0655. The van der Waals surface area contributed by atoms with Crippen LogP contribution in [0, 0.1) is 0 Å². The highest BCUT2D eigenvalue weighted by Gasteiger charge is 2.42. The zero-order chi connectivity index (χ0) is 34.8. The Morgan fingerprint density at radius 3 is 1.63 bits per heavy atom. The Bertz CT molecular complexity index is 1790. The summed E-state index contributed by atoms with van der Waals surface area (Å²) in [7, 11) is -2.07. The van der Waals surface area contributed by atoms with Crippen LogP contribution in [0.15, 0.2) is 122 Å². The molecule has 0 radical (unpaired) electrons. The van der Waals surface area contributed by atoms with Crippen LogP contribution in [-0.2, 0) is 16.4 Å². The van der Waals surface area contributed by atoms with Crippen LogP contribution in [0.3, 0.4) is 0 Å². The van der Waals surface area contributed by atoms with E-state index in [9.17, 15) is 14.7 Å². The molecule has 0 saturated heterocycles. The number of nitrogens with zero attached hydrogens (tertiary/aromatic N) is 3. The van der Waals surface area contributed by atoms with Crippen LogP contribution in [0.1, 0.15) is 82.1 Å². The van der Waals surface area contributed by atoms with Gasteiger partial charge in [0.05, 0.1) is 34.9 Å². The van der Waals surface area contributed by atoms with Crippen molar-refractivity contribution in [1.29, 1.82) is 0 Å². The lowest BCUT2D eigenvalue weighted by Gasteiger charge is -2.39. The molecule has 0 spiro atoms. The van der Waals surface area contributed by atoms with Crippen LogP contribution >= 0.6 is 0 Å². The molecule has 0 aliphatic carbocycles. The predicted molar refractivity (Wildman–Crippen MR) is 195 cm³/mol. The van der Waals surface area contributed by atoms with Gasteiger partial charge in [-0.2, -0.15) is 0 Å². The third-order valence-corrected chi connectivity index (χ3v) is 14.8. The minimum absolute atomic E-state index is 0.0281. The van der Waals surface area contributed by atoms with Crippen LogP contribution in [0.2, 0.25) is 18.1 Å². The van der Waals surface area contributed by atoms with E-state index < -0.39 is 20.0 Å². The molecule has 1 unspecified atom stereocenters. The molecule has 0 saturated carbocycles. The van der Waals surface area contributed by atoms with Crippen molar-refractivity contribution >= 4 is 20.1 Å². The van der Waals surface area contributed by atoms with Crippen molar-refractivity contribution < 1.29 is 19.1 Å². The van der Waals surface area contributed by atoms with Gasteiger partial charge in [-0.25, -0.2) is 4.98 Å². The Labute approximate surface area is 290 Å². The first-order valence-electron chi connectivity index (χ1n) is 17.0. The molecule has 1 aliphatic rings. The van der Waals surface area contributed by atoms with Gasteiger partial charge in [0.15, 0.2) is 8.32 Å². The molecular formula is C41H45N3O4Si. The maximum atomic E-state index is 13.3. The first-order valence-corrected chi connectivity index (χ1v) is 19.9. The number of carbonyl (C=O) groups excluding carboxylic acids is 2. The molecule has 1 aromatic heterocycles. The summed E-state index contributed by atoms with van der Waals surface area (Å²) in [5.41, 5.74) is 4.19. The monoisotopic (exact) mass is 671 g/mol. The number of hydrogen-bond acceptors (Lipinski definition) is 5. The van der Waals surface area contributed by atoms with Crippen molar-refractivity contribution in [3.8, 4) is 0 Å². The lowest BCUT2D eigenvalue weighted by Crippen LogP contribution is -2.41. The van der Waals surface area contributed by atoms with Gasteiger partial charge >= 0.3 is 0 Å². The second-order valence-corrected chi connectivity index (χ2v) is 19.0. The normalized spacial score (nSPS) is 14.3. The summed E-state index contributed by atoms with van der Waals surface area (Å²) in [6.07, 6.45) is 1.49. The van der Waals surface area contributed by atoms with Crippen LogP contribution in [0.4, 0.5) is 0 Å². The number of fused-ring (bicyclic) bond motifs is 1. The van der Waals surface area contributed by atoms with Gasteiger partial charge in [0.25, 0.3) is 11.8 Å². The molecule has 252 valence electrons. The minimum atomic E-state index is -2.07. The van der Waals surface area contributed by atoms with E-state index in [-0.39, 0.29) is 29.8 Å². The maximum absolute atomic E-state index is 13.3. The van der Waals surface area contributed by atoms with Gasteiger partial charge in [0, 0.05) is 26.0 Å². The summed E-state index contributed by atoms with van der Waals surface area (Å²) in [4.78, 5) is 32.8. The molecule has 1 N–H and O–H groups in total. The van der Waals surface area contributed by atoms with Crippen molar-refractivity contribution in [3.05, 3.63) is 161 Å². The lowest BCUT2D eigenvalue weighted by atomic mass is 9.76. The fourth-order valence-electron chi connectivity index (χ4n) is 6.60. The number of aliphatic hydroxyl groups excluding tert-OH is 1. The number of imide groups is 1. The Kier molecular flexibility index (Phi) is 9.58. The van der Waals surface area contributed by atoms with E-state index in [0.717, 1.165) is 16.7 Å². The fraction of sp³-hybridized carbons (Fsp3) is 0.293. The maximum Gasteiger partial charge on any atom is 0.261 e. The van der Waals surface area contributed by atoms with E-state index in [0.29, 0.717) is 35.5 Å². The Morgan fingerprint density at radius 2 is 1.18 bits per heavy atom. The molecule has 0 fully saturated rings. The van der Waals surface area contributed by atoms with Gasteiger partial charge in [-0.3, -0.25) is 14.5 Å². The summed E-state index contributed by atoms with van der Waals surface area (Å²) < 4.78 is 8.64. The van der Waals surface area contributed by atoms with Crippen LogP contribution in [-0.4, -0.2) is 52.8 Å². The van der Waals surface area contributed by atoms with Crippen molar-refractivity contribution in [3.63, 3.8) is 0 Å². The number of amides is 2. The van der Waals surface area contributed by atoms with E-state index >= 15 is 0 Å². The number of hydrogen-bond donors (Lipinski definition) is 1. The smallest absolute Gasteiger partial charge is 0.261 e. The SMILES string of the molecule is CC(C)(C)[Si](C)(C)OCCC(O)c1c(CCN2C(=O)c3ccccc3C2=O)ncn1C(c1ccccc1)(c1ccccc1)c1ccccc1. The predicted octanol–water partition coefficient (Wildman–Crippen LogP) is 8.01. The quantitative estimate of drug-likeness (QED) is 0.0826. The van der Waals surface area contributed by atoms with Gasteiger partial charge in [-0.05, 0) is 47.0 Å². The topological polar surface area (TPSA) is 84.7 Å². The molecule has 5 aromatic rings. The second kappa shape index (κ2) is 13.7. The molecule has 1 aliphatic heterocycles. The summed E-state index contributed by atoms with van der Waals surface area (Å²) in [6, 6.07) is 37.7. The van der Waals surface area contributed by atoms with E-state index in [2.05, 4.69) is 74.8 Å². The number of carbonyl (C=O) groups is 2. The molecule has 4 aromatic carbocycles. The van der Waals surface area contributed by atoms with Crippen molar-refractivity contribution in [1.82, 2.24) is 14.5 Å². The highest BCUT2D eigenvalue weighted by atomic mass is 28.4. The number of aliphatic hydroxyl groups is 1. The van der Waals surface area contributed by atoms with E-state index in [4.69, 9.17) is 9.41 Å². The fourth-order valence-corrected chi connectivity index (χ4v) is 7.66.